The number of hydrogen-bond acceptors (Lipinski definition) is 4. The Kier molecular flexibility index (Phi) is 5.09. The molecule has 0 radical (unpaired) electrons. The number of ether oxygens (including phenoxy) is 1. The molecular formula is C15H15FN2O3. The van der Waals surface area contributed by atoms with Crippen molar-refractivity contribution < 1.29 is 14.1 Å². The monoisotopic (exact) mass is 290 g/mol. The predicted octanol–water partition coefficient (Wildman–Crippen LogP) is 3.61. The summed E-state index contributed by atoms with van der Waals surface area (Å²) in [7, 11) is 0. The molecule has 2 aromatic carbocycles. The Balaban J connectivity index is 1.81. The molecule has 2 rings (SSSR count). The molecule has 5 nitrogen and oxygen atoms in total. The lowest BCUT2D eigenvalue weighted by molar-refractivity contribution is -0.384. The molecule has 2 aromatic rings. The van der Waals surface area contributed by atoms with E-state index in [1.165, 1.54) is 0 Å². The van der Waals surface area contributed by atoms with Gasteiger partial charge in [0.05, 0.1) is 11.5 Å². The van der Waals surface area contributed by atoms with Crippen molar-refractivity contribution in [1.82, 2.24) is 0 Å². The summed E-state index contributed by atoms with van der Waals surface area (Å²) >= 11 is 0. The van der Waals surface area contributed by atoms with Crippen LogP contribution in [0.1, 0.15) is 6.42 Å². The van der Waals surface area contributed by atoms with E-state index in [1.54, 1.807) is 0 Å². The highest BCUT2D eigenvalue weighted by Gasteiger charge is 2.13. The average Bonchev–Trinajstić information content (AvgIpc) is 2.48. The molecule has 0 atom stereocenters. The lowest BCUT2D eigenvalue weighted by Gasteiger charge is -2.08. The highest BCUT2D eigenvalue weighted by Crippen LogP contribution is 2.24. The van der Waals surface area contributed by atoms with Gasteiger partial charge in [0.15, 0.2) is 0 Å². The van der Waals surface area contributed by atoms with Crippen molar-refractivity contribution >= 4 is 11.4 Å². The minimum absolute atomic E-state index is 0.139. The molecule has 0 heterocycles. The summed E-state index contributed by atoms with van der Waals surface area (Å²) < 4.78 is 18.6. The van der Waals surface area contributed by atoms with Crippen LogP contribution in [0.2, 0.25) is 0 Å². The lowest BCUT2D eigenvalue weighted by atomic mass is 10.2. The minimum atomic E-state index is -0.539. The van der Waals surface area contributed by atoms with Crippen molar-refractivity contribution in [2.75, 3.05) is 18.5 Å². The van der Waals surface area contributed by atoms with Gasteiger partial charge in [-0.2, -0.15) is 0 Å². The number of nitro benzene ring substituents is 1. The molecule has 0 spiro atoms. The van der Waals surface area contributed by atoms with Gasteiger partial charge in [-0.05, 0) is 24.6 Å². The van der Waals surface area contributed by atoms with Gasteiger partial charge < -0.3 is 10.1 Å². The Morgan fingerprint density at radius 2 is 1.95 bits per heavy atom. The van der Waals surface area contributed by atoms with Crippen molar-refractivity contribution in [1.29, 1.82) is 0 Å². The van der Waals surface area contributed by atoms with Crippen molar-refractivity contribution in [3.63, 3.8) is 0 Å². The Morgan fingerprint density at radius 3 is 2.67 bits per heavy atom. The van der Waals surface area contributed by atoms with Gasteiger partial charge in [-0.3, -0.25) is 10.1 Å². The molecule has 21 heavy (non-hydrogen) atoms. The van der Waals surface area contributed by atoms with Crippen molar-refractivity contribution in [2.45, 2.75) is 6.42 Å². The molecular weight excluding hydrogens is 275 g/mol. The zero-order valence-corrected chi connectivity index (χ0v) is 11.3. The number of rotatable bonds is 7. The number of nitrogens with one attached hydrogen (secondary N) is 1. The molecule has 6 heteroatoms. The average molecular weight is 290 g/mol. The number of nitro groups is 1. The van der Waals surface area contributed by atoms with Crippen molar-refractivity contribution in [3.05, 3.63) is 64.5 Å². The second-order valence-corrected chi connectivity index (χ2v) is 4.36. The van der Waals surface area contributed by atoms with Gasteiger partial charge in [0.1, 0.15) is 17.3 Å². The Bertz CT molecular complexity index is 605. The van der Waals surface area contributed by atoms with Gasteiger partial charge in [0.2, 0.25) is 0 Å². The molecule has 0 aliphatic carbocycles. The van der Waals surface area contributed by atoms with Gasteiger partial charge in [0.25, 0.3) is 5.69 Å². The quantitative estimate of drug-likeness (QED) is 0.480. The number of nitrogens with zero attached hydrogens (tertiary/aromatic N) is 1. The molecule has 0 aliphatic rings. The van der Waals surface area contributed by atoms with Crippen molar-refractivity contribution in [3.8, 4) is 5.75 Å². The third-order valence-corrected chi connectivity index (χ3v) is 2.80. The van der Waals surface area contributed by atoms with Gasteiger partial charge in [0, 0.05) is 18.7 Å². The van der Waals surface area contributed by atoms with Crippen LogP contribution in [-0.2, 0) is 0 Å². The Hall–Kier alpha value is -2.63. The molecule has 0 saturated heterocycles. The molecule has 0 saturated carbocycles. The largest absolute Gasteiger partial charge is 0.494 e. The summed E-state index contributed by atoms with van der Waals surface area (Å²) in [6, 6.07) is 12.7. The number of halogens is 1. The van der Waals surface area contributed by atoms with Gasteiger partial charge in [-0.1, -0.05) is 18.2 Å². The molecule has 0 bridgehead atoms. The van der Waals surface area contributed by atoms with Gasteiger partial charge >= 0.3 is 0 Å². The molecule has 0 amide bonds. The zero-order valence-electron chi connectivity index (χ0n) is 11.3. The Morgan fingerprint density at radius 1 is 1.19 bits per heavy atom. The van der Waals surface area contributed by atoms with E-state index in [1.807, 2.05) is 30.3 Å². The maximum Gasteiger partial charge on any atom is 0.292 e. The normalized spacial score (nSPS) is 10.1. The van der Waals surface area contributed by atoms with E-state index in [-0.39, 0.29) is 11.4 Å². The van der Waals surface area contributed by atoms with E-state index in [0.717, 1.165) is 23.9 Å². The first-order valence-corrected chi connectivity index (χ1v) is 6.52. The summed E-state index contributed by atoms with van der Waals surface area (Å²) in [6.07, 6.45) is 0.641. The SMILES string of the molecule is O=[N+]([O-])c1ccc(F)cc1NCCCOc1ccccc1. The van der Waals surface area contributed by atoms with E-state index in [4.69, 9.17) is 4.74 Å². The smallest absolute Gasteiger partial charge is 0.292 e. The third kappa shape index (κ3) is 4.45. The fraction of sp³-hybridized carbons (Fsp3) is 0.200. The minimum Gasteiger partial charge on any atom is -0.494 e. The third-order valence-electron chi connectivity index (χ3n) is 2.80. The molecule has 0 aliphatic heterocycles. The van der Waals surface area contributed by atoms with Crippen LogP contribution in [-0.4, -0.2) is 18.1 Å². The maximum absolute atomic E-state index is 13.1. The molecule has 0 unspecified atom stereocenters. The van der Waals surface area contributed by atoms with Crippen LogP contribution in [0.15, 0.2) is 48.5 Å². The zero-order chi connectivity index (χ0) is 15.1. The van der Waals surface area contributed by atoms with Crippen LogP contribution < -0.4 is 10.1 Å². The predicted molar refractivity (Wildman–Crippen MR) is 78.1 cm³/mol. The number of anilines is 1. The van der Waals surface area contributed by atoms with Crippen LogP contribution in [0.4, 0.5) is 15.8 Å². The van der Waals surface area contributed by atoms with Gasteiger partial charge in [-0.25, -0.2) is 4.39 Å². The molecule has 0 aromatic heterocycles. The second-order valence-electron chi connectivity index (χ2n) is 4.36. The molecule has 1 N–H and O–H groups in total. The Labute approximate surface area is 121 Å². The number of para-hydroxylation sites is 1. The van der Waals surface area contributed by atoms with E-state index >= 15 is 0 Å². The van der Waals surface area contributed by atoms with Crippen molar-refractivity contribution in [2.24, 2.45) is 0 Å². The number of benzene rings is 2. The standard InChI is InChI=1S/C15H15FN2O3/c16-12-7-8-15(18(19)20)14(11-12)17-9-4-10-21-13-5-2-1-3-6-13/h1-3,5-8,11,17H,4,9-10H2. The summed E-state index contributed by atoms with van der Waals surface area (Å²) in [4.78, 5) is 10.3. The van der Waals surface area contributed by atoms with Crippen LogP contribution in [0.3, 0.4) is 0 Å². The first-order chi connectivity index (χ1) is 10.2. The summed E-state index contributed by atoms with van der Waals surface area (Å²) in [5, 5.41) is 13.7. The van der Waals surface area contributed by atoms with Crippen LogP contribution >= 0.6 is 0 Å². The van der Waals surface area contributed by atoms with E-state index in [2.05, 4.69) is 5.32 Å². The summed E-state index contributed by atoms with van der Waals surface area (Å²) in [6.45, 7) is 0.928. The highest BCUT2D eigenvalue weighted by molar-refractivity contribution is 5.61. The van der Waals surface area contributed by atoms with E-state index in [9.17, 15) is 14.5 Å². The molecule has 110 valence electrons. The van der Waals surface area contributed by atoms with Crippen LogP contribution in [0.25, 0.3) is 0 Å². The first-order valence-electron chi connectivity index (χ1n) is 6.52. The fourth-order valence-electron chi connectivity index (χ4n) is 1.81. The highest BCUT2D eigenvalue weighted by atomic mass is 19.1. The van der Waals surface area contributed by atoms with Crippen LogP contribution in [0.5, 0.6) is 5.75 Å². The van der Waals surface area contributed by atoms with E-state index in [0.29, 0.717) is 19.6 Å². The summed E-state index contributed by atoms with van der Waals surface area (Å²) in [5.41, 5.74) is 0.0417. The van der Waals surface area contributed by atoms with E-state index < -0.39 is 10.7 Å². The topological polar surface area (TPSA) is 64.4 Å². The van der Waals surface area contributed by atoms with Crippen LogP contribution in [0, 0.1) is 15.9 Å². The summed E-state index contributed by atoms with van der Waals surface area (Å²) in [5.74, 6) is 0.262. The van der Waals surface area contributed by atoms with Gasteiger partial charge in [-0.15, -0.1) is 0 Å². The lowest BCUT2D eigenvalue weighted by Crippen LogP contribution is -2.08. The number of hydrogen-bond donors (Lipinski definition) is 1. The fourth-order valence-corrected chi connectivity index (χ4v) is 1.81. The maximum atomic E-state index is 13.1. The first kappa shape index (κ1) is 14.8. The molecule has 0 fully saturated rings. The second kappa shape index (κ2) is 7.23.